The van der Waals surface area contributed by atoms with Gasteiger partial charge in [0.15, 0.2) is 0 Å². The smallest absolute Gasteiger partial charge is 0.339 e. The monoisotopic (exact) mass is 450 g/mol. The Morgan fingerprint density at radius 2 is 1.81 bits per heavy atom. The number of allylic oxidation sites excluding steroid dienone is 2. The van der Waals surface area contributed by atoms with Crippen LogP contribution in [0.1, 0.15) is 22.5 Å². The summed E-state index contributed by atoms with van der Waals surface area (Å²) in [4.78, 5) is 37.9. The van der Waals surface area contributed by atoms with E-state index in [4.69, 9.17) is 20.8 Å². The predicted molar refractivity (Wildman–Crippen MR) is 115 cm³/mol. The summed E-state index contributed by atoms with van der Waals surface area (Å²) in [7, 11) is 1.29. The first-order valence-corrected chi connectivity index (χ1v) is 10.9. The van der Waals surface area contributed by atoms with Gasteiger partial charge < -0.3 is 9.15 Å². The van der Waals surface area contributed by atoms with Gasteiger partial charge in [0.1, 0.15) is 11.5 Å². The molecule has 2 bridgehead atoms. The molecule has 6 atom stereocenters. The van der Waals surface area contributed by atoms with Gasteiger partial charge in [-0.25, -0.2) is 4.79 Å². The lowest BCUT2D eigenvalue weighted by Crippen LogP contribution is -2.40. The summed E-state index contributed by atoms with van der Waals surface area (Å²) in [5.41, 5.74) is 0.867. The lowest BCUT2D eigenvalue weighted by atomic mass is 9.63. The molecule has 162 valence electrons. The molecule has 32 heavy (non-hydrogen) atoms. The van der Waals surface area contributed by atoms with Crippen molar-refractivity contribution in [3.05, 3.63) is 58.8 Å². The summed E-state index contributed by atoms with van der Waals surface area (Å²) < 4.78 is 10.5. The van der Waals surface area contributed by atoms with Crippen LogP contribution in [0.5, 0.6) is 0 Å². The number of hydrazone groups is 1. The summed E-state index contributed by atoms with van der Waals surface area (Å²) in [5, 5.41) is 5.49. The minimum Gasteiger partial charge on any atom is -0.465 e. The second-order valence-corrected chi connectivity index (χ2v) is 9.18. The van der Waals surface area contributed by atoms with Crippen molar-refractivity contribution in [2.24, 2.45) is 40.6 Å². The second-order valence-electron chi connectivity index (χ2n) is 8.78. The van der Waals surface area contributed by atoms with E-state index in [2.05, 4.69) is 17.3 Å². The minimum atomic E-state index is -0.543. The fourth-order valence-corrected chi connectivity index (χ4v) is 5.89. The number of benzene rings is 1. The largest absolute Gasteiger partial charge is 0.465 e. The number of hydrogen-bond donors (Lipinski definition) is 0. The summed E-state index contributed by atoms with van der Waals surface area (Å²) in [6.07, 6.45) is 6.76. The fourth-order valence-electron chi connectivity index (χ4n) is 5.69. The number of nitrogens with zero attached hydrogens (tertiary/aromatic N) is 2. The zero-order chi connectivity index (χ0) is 22.1. The molecule has 1 aliphatic heterocycles. The van der Waals surface area contributed by atoms with Gasteiger partial charge in [0.2, 0.25) is 0 Å². The van der Waals surface area contributed by atoms with Gasteiger partial charge in [-0.05, 0) is 60.4 Å². The van der Waals surface area contributed by atoms with E-state index in [1.54, 1.807) is 30.3 Å². The third-order valence-electron chi connectivity index (χ3n) is 7.22. The Morgan fingerprint density at radius 1 is 1.12 bits per heavy atom. The van der Waals surface area contributed by atoms with Crippen molar-refractivity contribution in [2.45, 2.75) is 6.42 Å². The van der Waals surface area contributed by atoms with Crippen LogP contribution >= 0.6 is 11.6 Å². The number of imide groups is 1. The number of halogens is 1. The van der Waals surface area contributed by atoms with Crippen LogP contribution in [-0.2, 0) is 14.3 Å². The highest BCUT2D eigenvalue weighted by Gasteiger charge is 2.67. The molecule has 5 aliphatic rings. The van der Waals surface area contributed by atoms with E-state index in [-0.39, 0.29) is 46.1 Å². The summed E-state index contributed by atoms with van der Waals surface area (Å²) >= 11 is 6.07. The van der Waals surface area contributed by atoms with Gasteiger partial charge in [0.25, 0.3) is 11.8 Å². The number of furan rings is 1. The molecule has 0 unspecified atom stereocenters. The number of carbonyl (C=O) groups excluding carboxylic acids is 3. The summed E-state index contributed by atoms with van der Waals surface area (Å²) in [5.74, 6) is 0.763. The molecule has 1 aromatic carbocycles. The molecule has 0 spiro atoms. The van der Waals surface area contributed by atoms with Crippen molar-refractivity contribution in [1.29, 1.82) is 0 Å². The van der Waals surface area contributed by atoms with Gasteiger partial charge in [-0.15, -0.1) is 0 Å². The highest BCUT2D eigenvalue weighted by Crippen LogP contribution is 2.65. The van der Waals surface area contributed by atoms with Crippen LogP contribution in [0, 0.1) is 35.5 Å². The number of amides is 2. The highest BCUT2D eigenvalue weighted by molar-refractivity contribution is 6.33. The van der Waals surface area contributed by atoms with Crippen molar-refractivity contribution in [1.82, 2.24) is 5.01 Å². The van der Waals surface area contributed by atoms with E-state index in [0.29, 0.717) is 28.9 Å². The molecule has 4 aliphatic carbocycles. The normalized spacial score (nSPS) is 31.9. The van der Waals surface area contributed by atoms with E-state index in [1.165, 1.54) is 13.3 Å². The number of methoxy groups -OCH3 is 1. The van der Waals surface area contributed by atoms with Crippen molar-refractivity contribution in [3.63, 3.8) is 0 Å². The molecule has 0 radical (unpaired) electrons. The van der Waals surface area contributed by atoms with Gasteiger partial charge in [0.05, 0.1) is 35.7 Å². The first-order valence-electron chi connectivity index (χ1n) is 10.6. The van der Waals surface area contributed by atoms with Crippen LogP contribution in [0.3, 0.4) is 0 Å². The van der Waals surface area contributed by atoms with Crippen molar-refractivity contribution < 1.29 is 23.5 Å². The molecule has 2 amide bonds. The van der Waals surface area contributed by atoms with Gasteiger partial charge in [0, 0.05) is 5.56 Å². The lowest BCUT2D eigenvalue weighted by Gasteiger charge is -2.37. The maximum Gasteiger partial charge on any atom is 0.339 e. The molecule has 7 nitrogen and oxygen atoms in total. The van der Waals surface area contributed by atoms with Crippen molar-refractivity contribution >= 4 is 35.6 Å². The summed E-state index contributed by atoms with van der Waals surface area (Å²) in [6, 6.07) is 8.30. The Hall–Kier alpha value is -3.19. The molecule has 2 heterocycles. The van der Waals surface area contributed by atoms with Crippen molar-refractivity contribution in [2.75, 3.05) is 7.11 Å². The SMILES string of the molecule is COC(=O)c1cc(-c2ccc(/C=N\N3C(=O)[C@H]4[C@@H]5C=C[C@H]([C@@H]6C[C@H]56)[C@@H]4C3=O)o2)ccc1Cl. The Kier molecular flexibility index (Phi) is 4.21. The first-order chi connectivity index (χ1) is 15.5. The third-order valence-corrected chi connectivity index (χ3v) is 7.55. The molecule has 2 aromatic rings. The van der Waals surface area contributed by atoms with Gasteiger partial charge in [-0.2, -0.15) is 10.1 Å². The third kappa shape index (κ3) is 2.73. The molecule has 0 N–H and O–H groups in total. The molecule has 8 heteroatoms. The Labute approximate surface area is 188 Å². The number of rotatable bonds is 4. The van der Waals surface area contributed by atoms with E-state index < -0.39 is 5.97 Å². The Bertz CT molecular complexity index is 1190. The van der Waals surface area contributed by atoms with E-state index in [9.17, 15) is 14.4 Å². The number of hydrogen-bond acceptors (Lipinski definition) is 6. The maximum absolute atomic E-state index is 13.0. The van der Waals surface area contributed by atoms with Gasteiger partial charge in [-0.3, -0.25) is 9.59 Å². The Morgan fingerprint density at radius 3 is 2.47 bits per heavy atom. The molecule has 3 fully saturated rings. The number of carbonyl (C=O) groups is 3. The average molecular weight is 451 g/mol. The van der Waals surface area contributed by atoms with Crippen LogP contribution in [0.25, 0.3) is 11.3 Å². The van der Waals surface area contributed by atoms with Crippen LogP contribution in [0.2, 0.25) is 5.02 Å². The van der Waals surface area contributed by atoms with Gasteiger partial charge >= 0.3 is 5.97 Å². The van der Waals surface area contributed by atoms with E-state index in [0.717, 1.165) is 11.4 Å². The fraction of sp³-hybridized carbons (Fsp3) is 0.333. The molecule has 2 saturated carbocycles. The zero-order valence-electron chi connectivity index (χ0n) is 17.1. The molecule has 7 rings (SSSR count). The van der Waals surface area contributed by atoms with Crippen LogP contribution < -0.4 is 0 Å². The average Bonchev–Trinajstić information content (AvgIpc) is 3.44. The van der Waals surface area contributed by atoms with E-state index in [1.807, 2.05) is 0 Å². The summed E-state index contributed by atoms with van der Waals surface area (Å²) in [6.45, 7) is 0. The van der Waals surface area contributed by atoms with Crippen LogP contribution in [0.15, 0.2) is 52.0 Å². The zero-order valence-corrected chi connectivity index (χ0v) is 17.9. The Balaban J connectivity index is 1.23. The van der Waals surface area contributed by atoms with Crippen LogP contribution in [0.4, 0.5) is 0 Å². The first kappa shape index (κ1) is 19.5. The molecule has 1 aromatic heterocycles. The number of ether oxygens (including phenoxy) is 1. The maximum atomic E-state index is 13.0. The topological polar surface area (TPSA) is 89.2 Å². The quantitative estimate of drug-likeness (QED) is 0.306. The number of esters is 1. The molecular weight excluding hydrogens is 432 g/mol. The van der Waals surface area contributed by atoms with Crippen LogP contribution in [-0.4, -0.2) is 36.1 Å². The highest BCUT2D eigenvalue weighted by atomic mass is 35.5. The van der Waals surface area contributed by atoms with Gasteiger partial charge in [-0.1, -0.05) is 23.8 Å². The standard InChI is InChI=1S/C24H19ClN2O5/c1-31-24(30)17-8-11(2-6-18(17)25)19-7-3-12(32-19)10-26-27-22(28)20-13-4-5-14(16-9-15(13)16)21(20)23(27)29/h2-8,10,13-16,20-21H,9H2,1H3/b26-10-/t13-,14-,15-,16+,20+,21+/m1/s1. The van der Waals surface area contributed by atoms with E-state index >= 15 is 0 Å². The molecule has 1 saturated heterocycles. The minimum absolute atomic E-state index is 0.163. The lowest BCUT2D eigenvalue weighted by molar-refractivity contribution is -0.140. The second kappa shape index (κ2) is 6.90. The molecular formula is C24H19ClN2O5. The van der Waals surface area contributed by atoms with Crippen molar-refractivity contribution in [3.8, 4) is 11.3 Å². The predicted octanol–water partition coefficient (Wildman–Crippen LogP) is 3.77.